The van der Waals surface area contributed by atoms with Crippen LogP contribution in [0.3, 0.4) is 0 Å². The molecule has 0 fully saturated rings. The van der Waals surface area contributed by atoms with E-state index in [0.717, 1.165) is 18.5 Å². The van der Waals surface area contributed by atoms with Crippen LogP contribution in [0.25, 0.3) is 11.3 Å². The highest BCUT2D eigenvalue weighted by Crippen LogP contribution is 2.23. The van der Waals surface area contributed by atoms with Crippen LogP contribution in [0.1, 0.15) is 76.8 Å². The average Bonchev–Trinajstić information content (AvgIpc) is 2.70. The third-order valence-corrected chi connectivity index (χ3v) is 4.94. The van der Waals surface area contributed by atoms with Crippen LogP contribution < -0.4 is 4.74 Å². The van der Waals surface area contributed by atoms with Gasteiger partial charge in [-0.3, -0.25) is 9.97 Å². The number of rotatable bonds is 13. The lowest BCUT2D eigenvalue weighted by molar-refractivity contribution is 0.386. The summed E-state index contributed by atoms with van der Waals surface area (Å²) in [5, 5.41) is 0. The zero-order valence-corrected chi connectivity index (χ0v) is 16.8. The van der Waals surface area contributed by atoms with Crippen molar-refractivity contribution in [3.05, 3.63) is 42.1 Å². The van der Waals surface area contributed by atoms with Crippen molar-refractivity contribution in [2.75, 3.05) is 7.11 Å². The van der Waals surface area contributed by atoms with Gasteiger partial charge >= 0.3 is 0 Å². The monoisotopic (exact) mass is 372 g/mol. The van der Waals surface area contributed by atoms with Crippen molar-refractivity contribution in [2.24, 2.45) is 0 Å². The van der Waals surface area contributed by atoms with E-state index in [4.69, 9.17) is 4.74 Å². The fraction of sp³-hybridized carbons (Fsp3) is 0.565. The topological polar surface area (TPSA) is 35.0 Å². The molecule has 3 nitrogen and oxygen atoms in total. The molecule has 27 heavy (non-hydrogen) atoms. The molecule has 1 aromatic heterocycles. The second kappa shape index (κ2) is 12.4. The minimum Gasteiger partial charge on any atom is -0.494 e. The molecule has 0 aliphatic rings. The number of methoxy groups -OCH3 is 1. The number of halogens is 1. The number of hydrogen-bond acceptors (Lipinski definition) is 3. The molecule has 0 bridgehead atoms. The van der Waals surface area contributed by atoms with Gasteiger partial charge in [-0.25, -0.2) is 4.39 Å². The van der Waals surface area contributed by atoms with Gasteiger partial charge in [-0.15, -0.1) is 0 Å². The summed E-state index contributed by atoms with van der Waals surface area (Å²) in [6.07, 6.45) is 17.8. The van der Waals surface area contributed by atoms with Crippen LogP contribution in [-0.2, 0) is 6.42 Å². The fourth-order valence-electron chi connectivity index (χ4n) is 3.25. The maximum absolute atomic E-state index is 13.8. The molecule has 0 amide bonds. The van der Waals surface area contributed by atoms with Crippen molar-refractivity contribution in [3.63, 3.8) is 0 Å². The highest BCUT2D eigenvalue weighted by Gasteiger charge is 2.07. The number of aromatic nitrogens is 2. The molecular weight excluding hydrogens is 339 g/mol. The minimum atomic E-state index is -0.383. The first-order valence-electron chi connectivity index (χ1n) is 10.4. The first kappa shape index (κ1) is 21.3. The molecule has 0 saturated carbocycles. The lowest BCUT2D eigenvalue weighted by Crippen LogP contribution is -1.95. The second-order valence-corrected chi connectivity index (χ2v) is 7.17. The van der Waals surface area contributed by atoms with Crippen LogP contribution in [0.15, 0.2) is 30.6 Å². The van der Waals surface area contributed by atoms with Crippen LogP contribution in [-0.4, -0.2) is 17.1 Å². The van der Waals surface area contributed by atoms with Gasteiger partial charge in [-0.05, 0) is 31.0 Å². The zero-order valence-electron chi connectivity index (χ0n) is 16.8. The molecular formula is C23H33FN2O. The van der Waals surface area contributed by atoms with Crippen molar-refractivity contribution in [1.82, 2.24) is 9.97 Å². The number of unbranched alkanes of at least 4 members (excludes halogenated alkanes) is 9. The van der Waals surface area contributed by atoms with Crippen molar-refractivity contribution in [2.45, 2.75) is 77.6 Å². The molecule has 1 heterocycles. The Hall–Kier alpha value is -1.97. The predicted octanol–water partition coefficient (Wildman–Crippen LogP) is 6.75. The van der Waals surface area contributed by atoms with E-state index in [-0.39, 0.29) is 11.6 Å². The van der Waals surface area contributed by atoms with E-state index in [1.54, 1.807) is 18.3 Å². The van der Waals surface area contributed by atoms with Gasteiger partial charge in [0.1, 0.15) is 0 Å². The zero-order chi connectivity index (χ0) is 19.3. The molecule has 1 aromatic carbocycles. The maximum Gasteiger partial charge on any atom is 0.165 e. The number of ether oxygens (including phenoxy) is 1. The van der Waals surface area contributed by atoms with Crippen molar-refractivity contribution < 1.29 is 9.13 Å². The molecule has 0 radical (unpaired) electrons. The first-order chi connectivity index (χ1) is 13.2. The van der Waals surface area contributed by atoms with E-state index in [1.807, 2.05) is 6.20 Å². The molecule has 0 N–H and O–H groups in total. The van der Waals surface area contributed by atoms with Gasteiger partial charge in [-0.2, -0.15) is 0 Å². The summed E-state index contributed by atoms with van der Waals surface area (Å²) < 4.78 is 18.8. The Labute approximate surface area is 163 Å². The normalized spacial score (nSPS) is 10.9. The lowest BCUT2D eigenvalue weighted by Gasteiger charge is -2.06. The third-order valence-electron chi connectivity index (χ3n) is 4.94. The van der Waals surface area contributed by atoms with Crippen LogP contribution in [0.4, 0.5) is 4.39 Å². The molecule has 0 atom stereocenters. The van der Waals surface area contributed by atoms with Crippen molar-refractivity contribution in [3.8, 4) is 17.0 Å². The summed E-state index contributed by atoms with van der Waals surface area (Å²) in [6.45, 7) is 2.26. The lowest BCUT2D eigenvalue weighted by atomic mass is 10.1. The Balaban J connectivity index is 1.65. The number of hydrogen-bond donors (Lipinski definition) is 0. The average molecular weight is 373 g/mol. The number of nitrogens with zero attached hydrogens (tertiary/aromatic N) is 2. The molecule has 4 heteroatoms. The summed E-state index contributed by atoms with van der Waals surface area (Å²) in [7, 11) is 1.46. The molecule has 0 aliphatic heterocycles. The number of benzene rings is 1. The van der Waals surface area contributed by atoms with Crippen LogP contribution in [0.2, 0.25) is 0 Å². The first-order valence-corrected chi connectivity index (χ1v) is 10.4. The Morgan fingerprint density at radius 3 is 2.07 bits per heavy atom. The highest BCUT2D eigenvalue weighted by atomic mass is 19.1. The van der Waals surface area contributed by atoms with E-state index in [9.17, 15) is 4.39 Å². The van der Waals surface area contributed by atoms with Crippen molar-refractivity contribution in [1.29, 1.82) is 0 Å². The Morgan fingerprint density at radius 1 is 0.852 bits per heavy atom. The van der Waals surface area contributed by atoms with E-state index < -0.39 is 0 Å². The molecule has 0 saturated heterocycles. The quantitative estimate of drug-likeness (QED) is 0.365. The van der Waals surface area contributed by atoms with E-state index in [0.29, 0.717) is 11.3 Å². The summed E-state index contributed by atoms with van der Waals surface area (Å²) in [5.74, 6) is -0.143. The number of aryl methyl sites for hydroxylation is 1. The van der Waals surface area contributed by atoms with Crippen molar-refractivity contribution >= 4 is 0 Å². The Kier molecular flexibility index (Phi) is 9.81. The van der Waals surface area contributed by atoms with Crippen LogP contribution >= 0.6 is 0 Å². The fourth-order valence-corrected chi connectivity index (χ4v) is 3.25. The van der Waals surface area contributed by atoms with Gasteiger partial charge in [0.05, 0.1) is 24.7 Å². The minimum absolute atomic E-state index is 0.240. The van der Waals surface area contributed by atoms with Gasteiger partial charge in [0, 0.05) is 11.8 Å². The summed E-state index contributed by atoms with van der Waals surface area (Å²) in [4.78, 5) is 8.93. The smallest absolute Gasteiger partial charge is 0.165 e. The highest BCUT2D eigenvalue weighted by molar-refractivity contribution is 5.59. The van der Waals surface area contributed by atoms with Gasteiger partial charge in [0.2, 0.25) is 0 Å². The van der Waals surface area contributed by atoms with E-state index in [1.165, 1.54) is 71.0 Å². The molecule has 2 rings (SSSR count). The SMILES string of the molecule is CCCCCCCCCCCCc1cnc(-c2ccc(OC)c(F)c2)cn1. The van der Waals surface area contributed by atoms with Crippen LogP contribution in [0.5, 0.6) is 5.75 Å². The maximum atomic E-state index is 13.8. The third kappa shape index (κ3) is 7.66. The van der Waals surface area contributed by atoms with Gasteiger partial charge < -0.3 is 4.74 Å². The van der Waals surface area contributed by atoms with Crippen LogP contribution in [0, 0.1) is 5.82 Å². The van der Waals surface area contributed by atoms with E-state index >= 15 is 0 Å². The summed E-state index contributed by atoms with van der Waals surface area (Å²) in [5.41, 5.74) is 2.40. The largest absolute Gasteiger partial charge is 0.494 e. The molecule has 0 spiro atoms. The van der Waals surface area contributed by atoms with Gasteiger partial charge in [0.25, 0.3) is 0 Å². The molecule has 148 valence electrons. The predicted molar refractivity (Wildman–Crippen MR) is 110 cm³/mol. The van der Waals surface area contributed by atoms with Gasteiger partial charge in [0.15, 0.2) is 11.6 Å². The summed E-state index contributed by atoms with van der Waals surface area (Å²) in [6, 6.07) is 4.85. The standard InChI is InChI=1S/C23H33FN2O/c1-3-4-5-6-7-8-9-10-11-12-13-20-17-26-22(18-25-20)19-14-15-23(27-2)21(24)16-19/h14-18H,3-13H2,1-2H3. The molecule has 2 aromatic rings. The van der Waals surface area contributed by atoms with Gasteiger partial charge in [-0.1, -0.05) is 64.7 Å². The van der Waals surface area contributed by atoms with E-state index in [2.05, 4.69) is 16.9 Å². The Bertz CT molecular complexity index is 658. The Morgan fingerprint density at radius 2 is 1.52 bits per heavy atom. The second-order valence-electron chi connectivity index (χ2n) is 7.17. The molecule has 0 unspecified atom stereocenters. The molecule has 0 aliphatic carbocycles. The summed E-state index contributed by atoms with van der Waals surface area (Å²) >= 11 is 0.